The van der Waals surface area contributed by atoms with Gasteiger partial charge in [0.25, 0.3) is 0 Å². The number of aryl methyl sites for hydroxylation is 1. The van der Waals surface area contributed by atoms with Crippen molar-refractivity contribution in [3.63, 3.8) is 0 Å². The second-order valence-corrected chi connectivity index (χ2v) is 6.53. The first-order chi connectivity index (χ1) is 8.94. The van der Waals surface area contributed by atoms with Crippen LogP contribution in [0.15, 0.2) is 6.20 Å². The summed E-state index contributed by atoms with van der Waals surface area (Å²) in [5, 5.41) is 12.8. The van der Waals surface area contributed by atoms with Crippen molar-refractivity contribution in [3.05, 3.63) is 11.8 Å². The molecular weight excluding hydrogens is 266 g/mol. The smallest absolute Gasteiger partial charge is 0.254 e. The third-order valence-electron chi connectivity index (χ3n) is 3.24. The van der Waals surface area contributed by atoms with Gasteiger partial charge in [-0.2, -0.15) is 23.1 Å². The Kier molecular flexibility index (Phi) is 3.78. The fraction of sp³-hybridized carbons (Fsp3) is 0.636. The van der Waals surface area contributed by atoms with E-state index in [1.165, 1.54) is 15.2 Å². The lowest BCUT2D eigenvalue weighted by molar-refractivity contribution is 0.282. The van der Waals surface area contributed by atoms with E-state index in [0.717, 1.165) is 12.8 Å². The van der Waals surface area contributed by atoms with Crippen LogP contribution in [0.25, 0.3) is 0 Å². The van der Waals surface area contributed by atoms with Gasteiger partial charge >= 0.3 is 10.2 Å². The molecule has 0 saturated carbocycles. The second-order valence-electron chi connectivity index (χ2n) is 4.85. The highest BCUT2D eigenvalue weighted by atomic mass is 32.2. The number of anilines is 1. The number of rotatable bonds is 3. The highest BCUT2D eigenvalue weighted by Crippen LogP contribution is 2.21. The second kappa shape index (κ2) is 5.19. The third-order valence-corrected chi connectivity index (χ3v) is 4.71. The molecule has 1 N–H and O–H groups in total. The van der Waals surface area contributed by atoms with Crippen molar-refractivity contribution in [2.24, 2.45) is 13.0 Å². The average Bonchev–Trinajstić information content (AvgIpc) is 2.70. The molecule has 0 aliphatic carbocycles. The van der Waals surface area contributed by atoms with Crippen LogP contribution in [0.3, 0.4) is 0 Å². The average molecular weight is 283 g/mol. The molecule has 8 heteroatoms. The maximum Gasteiger partial charge on any atom is 0.302 e. The number of hydrogen-bond donors (Lipinski definition) is 1. The Bertz CT molecular complexity index is 601. The minimum absolute atomic E-state index is 0.209. The van der Waals surface area contributed by atoms with Crippen molar-refractivity contribution < 1.29 is 8.42 Å². The van der Waals surface area contributed by atoms with Crippen molar-refractivity contribution in [2.45, 2.75) is 19.8 Å². The minimum atomic E-state index is -3.62. The number of hydrogen-bond acceptors (Lipinski definition) is 4. The normalized spacial score (nSPS) is 21.0. The number of nitriles is 1. The largest absolute Gasteiger partial charge is 0.302 e. The minimum Gasteiger partial charge on any atom is -0.254 e. The quantitative estimate of drug-likeness (QED) is 0.883. The zero-order valence-electron chi connectivity index (χ0n) is 11.0. The molecule has 0 spiro atoms. The van der Waals surface area contributed by atoms with Gasteiger partial charge in [0.1, 0.15) is 11.6 Å². The van der Waals surface area contributed by atoms with Gasteiger partial charge in [0.2, 0.25) is 0 Å². The molecule has 1 aliphatic rings. The van der Waals surface area contributed by atoms with Gasteiger partial charge in [0.05, 0.1) is 6.20 Å². The van der Waals surface area contributed by atoms with Crippen molar-refractivity contribution >= 4 is 16.0 Å². The summed E-state index contributed by atoms with van der Waals surface area (Å²) in [6, 6.07) is 1.92. The maximum atomic E-state index is 12.3. The topological polar surface area (TPSA) is 91.0 Å². The van der Waals surface area contributed by atoms with Crippen LogP contribution in [0.1, 0.15) is 25.3 Å². The van der Waals surface area contributed by atoms with Gasteiger partial charge in [0.15, 0.2) is 5.82 Å². The molecule has 2 rings (SSSR count). The monoisotopic (exact) mass is 283 g/mol. The first kappa shape index (κ1) is 13.8. The molecule has 0 aromatic carbocycles. The lowest BCUT2D eigenvalue weighted by Gasteiger charge is -2.30. The molecule has 0 bridgehead atoms. The van der Waals surface area contributed by atoms with E-state index in [0.29, 0.717) is 19.0 Å². The molecule has 1 atom stereocenters. The Morgan fingerprint density at radius 1 is 1.58 bits per heavy atom. The van der Waals surface area contributed by atoms with E-state index in [1.807, 2.05) is 13.0 Å². The van der Waals surface area contributed by atoms with Crippen LogP contribution >= 0.6 is 0 Å². The molecule has 1 aromatic rings. The standard InChI is InChI=1S/C11H17N5O2S/c1-9-4-3-5-16(8-9)19(17,18)14-11-10(6-12)7-13-15(11)2/h7,9,14H,3-5,8H2,1-2H3. The summed E-state index contributed by atoms with van der Waals surface area (Å²) in [6.07, 6.45) is 3.25. The molecule has 7 nitrogen and oxygen atoms in total. The summed E-state index contributed by atoms with van der Waals surface area (Å²) in [5.74, 6) is 0.563. The summed E-state index contributed by atoms with van der Waals surface area (Å²) in [6.45, 7) is 3.06. The third kappa shape index (κ3) is 2.88. The van der Waals surface area contributed by atoms with Gasteiger partial charge in [0, 0.05) is 20.1 Å². The Morgan fingerprint density at radius 2 is 2.32 bits per heavy atom. The maximum absolute atomic E-state index is 12.3. The number of nitrogens with one attached hydrogen (secondary N) is 1. The summed E-state index contributed by atoms with van der Waals surface area (Å²) in [5.41, 5.74) is 0.219. The van der Waals surface area contributed by atoms with E-state index in [-0.39, 0.29) is 11.4 Å². The summed E-state index contributed by atoms with van der Waals surface area (Å²) in [4.78, 5) is 0. The number of nitrogens with zero attached hydrogens (tertiary/aromatic N) is 4. The molecule has 1 unspecified atom stereocenters. The van der Waals surface area contributed by atoms with Crippen LogP contribution in [0.5, 0.6) is 0 Å². The number of aromatic nitrogens is 2. The number of piperidine rings is 1. The van der Waals surface area contributed by atoms with Gasteiger partial charge in [-0.1, -0.05) is 6.92 Å². The fourth-order valence-corrected chi connectivity index (χ4v) is 3.63. The molecule has 1 fully saturated rings. The van der Waals surface area contributed by atoms with Crippen LogP contribution in [-0.4, -0.2) is 35.6 Å². The summed E-state index contributed by atoms with van der Waals surface area (Å²) in [7, 11) is -2.03. The zero-order chi connectivity index (χ0) is 14.0. The first-order valence-corrected chi connectivity index (χ1v) is 7.58. The lowest BCUT2D eigenvalue weighted by Crippen LogP contribution is -2.42. The van der Waals surface area contributed by atoms with E-state index in [1.54, 1.807) is 7.05 Å². The Hall–Kier alpha value is -1.59. The van der Waals surface area contributed by atoms with Gasteiger partial charge < -0.3 is 0 Å². The van der Waals surface area contributed by atoms with E-state index >= 15 is 0 Å². The van der Waals surface area contributed by atoms with Crippen LogP contribution in [-0.2, 0) is 17.3 Å². The van der Waals surface area contributed by atoms with E-state index in [4.69, 9.17) is 5.26 Å². The molecule has 0 radical (unpaired) electrons. The van der Waals surface area contributed by atoms with Crippen molar-refractivity contribution in [2.75, 3.05) is 17.8 Å². The van der Waals surface area contributed by atoms with Crippen LogP contribution in [0.4, 0.5) is 5.82 Å². The summed E-state index contributed by atoms with van der Waals surface area (Å²) < 4.78 is 29.8. The predicted molar refractivity (Wildman–Crippen MR) is 70.4 cm³/mol. The molecule has 1 aromatic heterocycles. The van der Waals surface area contributed by atoms with Crippen LogP contribution < -0.4 is 4.72 Å². The van der Waals surface area contributed by atoms with Crippen molar-refractivity contribution in [1.82, 2.24) is 14.1 Å². The van der Waals surface area contributed by atoms with Crippen LogP contribution in [0.2, 0.25) is 0 Å². The van der Waals surface area contributed by atoms with Gasteiger partial charge in [-0.15, -0.1) is 0 Å². The Balaban J connectivity index is 2.22. The fourth-order valence-electron chi connectivity index (χ4n) is 2.19. The molecule has 1 aliphatic heterocycles. The molecule has 1 saturated heterocycles. The molecule has 0 amide bonds. The van der Waals surface area contributed by atoms with Crippen molar-refractivity contribution in [3.8, 4) is 6.07 Å². The molecule has 2 heterocycles. The molecular formula is C11H17N5O2S. The first-order valence-electron chi connectivity index (χ1n) is 6.14. The van der Waals surface area contributed by atoms with E-state index in [9.17, 15) is 8.42 Å². The highest BCUT2D eigenvalue weighted by molar-refractivity contribution is 7.90. The zero-order valence-corrected chi connectivity index (χ0v) is 11.8. The Morgan fingerprint density at radius 3 is 2.95 bits per heavy atom. The van der Waals surface area contributed by atoms with Crippen LogP contribution in [0, 0.1) is 17.2 Å². The Labute approximate surface area is 113 Å². The molecule has 19 heavy (non-hydrogen) atoms. The predicted octanol–water partition coefficient (Wildman–Crippen LogP) is 0.680. The van der Waals surface area contributed by atoms with Gasteiger partial charge in [-0.25, -0.2) is 0 Å². The molecule has 104 valence electrons. The van der Waals surface area contributed by atoms with Gasteiger partial charge in [-0.05, 0) is 18.8 Å². The lowest BCUT2D eigenvalue weighted by atomic mass is 10.0. The summed E-state index contributed by atoms with van der Waals surface area (Å²) >= 11 is 0. The van der Waals surface area contributed by atoms with E-state index in [2.05, 4.69) is 9.82 Å². The SMILES string of the molecule is CC1CCCN(S(=O)(=O)Nc2c(C#N)cnn2C)C1. The van der Waals surface area contributed by atoms with Gasteiger partial charge in [-0.3, -0.25) is 9.40 Å². The van der Waals surface area contributed by atoms with Crippen molar-refractivity contribution in [1.29, 1.82) is 5.26 Å². The highest BCUT2D eigenvalue weighted by Gasteiger charge is 2.28. The van der Waals surface area contributed by atoms with E-state index < -0.39 is 10.2 Å².